The molecule has 0 radical (unpaired) electrons. The van der Waals surface area contributed by atoms with Crippen LogP contribution >= 0.6 is 11.6 Å². The highest BCUT2D eigenvalue weighted by Gasteiger charge is 2.63. The second kappa shape index (κ2) is 59.3. The second-order valence-corrected chi connectivity index (χ2v) is 36.7. The minimum atomic E-state index is -1.73. The maximum Gasteiger partial charge on any atom is 0.409 e. The van der Waals surface area contributed by atoms with Crippen molar-refractivity contribution in [3.05, 3.63) is 70.8 Å². The Kier molecular flexibility index (Phi) is 51.2. The standard InChI is InChI=1S/C28H37ClN2O8.C13H19NO4.C13H23NO3.C11H10N2O6.C9H16O2.C8H15NO2.C7H7NO4.C4H9NO2.C3H7NO2/c1-15-8-7-9-22(37-6)28(35)14-20(38-26(34)30-28)16(2)25-27(3,39-25)21(32)13-23(33)31(4)18-11-17(10-15)12-19(36-5)24(18)29;1-2-9-3-5-10(6-4-9)13(17)18-14-11(15)7-8-12(14)16;1-4-10-5-7-11(8-6-10)12(15)14(3)9(2)13(16)17;14-7-1-2-8(15)12(7)6-5-11(18)19-13-9(16)3-4-10(13)17;1-2-7-3-5-8(6-4-7)9(10)11;9-5-6-1-3-7(4-2-6)8(10)11;9-5-1-2-6(10)8(5)4-3-7(11)12;1-3(5-2)4(6)7;4-2-1-3(5)6/h7-9,11-12,16,20-22,25,32,35H,10,13-14H2,1-6H3,(H,30,34);9-10H,2-8H2,1H3;9-11H,4-8H2,1-3H3,(H,16,17);1-2H,3-6H2;7-8H,2-6H2,1H3,(H,10,11);6-7H,1-5,9H2,(H,10,11);1-2H,3-4H2,(H,11,12);3,5H,1-2H3,(H,6,7);1-2,4H2,(H,5,6)/b9-7+,15-8+;;;;;;;;/t16-,20+,21+,22-,25?,27+,28+;;9-,10?,11?;;;;;3-;/m1.0....0./s1. The molecule has 7 aliphatic heterocycles. The number of imide groups is 4. The van der Waals surface area contributed by atoms with Gasteiger partial charge in [0.1, 0.15) is 40.7 Å². The number of hydrogen-bond acceptors (Lipinski definition) is 30. The lowest BCUT2D eigenvalue weighted by atomic mass is 9.80. The van der Waals surface area contributed by atoms with Gasteiger partial charge in [-0.2, -0.15) is 0 Å². The predicted octanol–water partition coefficient (Wildman–Crippen LogP) is 7.58. The van der Waals surface area contributed by atoms with Gasteiger partial charge in [-0.05, 0) is 192 Å². The molecule has 4 saturated carbocycles. The first-order valence-electron chi connectivity index (χ1n) is 47.4. The zero-order chi connectivity index (χ0) is 105. The number of nitrogens with two attached hydrogens (primary N) is 2. The summed E-state index contributed by atoms with van der Waals surface area (Å²) < 4.78 is 22.4. The molecule has 14 N–H and O–H groups in total. The highest BCUT2D eigenvalue weighted by molar-refractivity contribution is 6.35. The Bertz CT molecular complexity index is 4490. The van der Waals surface area contributed by atoms with E-state index in [0.29, 0.717) is 46.4 Å². The van der Waals surface area contributed by atoms with Crippen LogP contribution < -0.4 is 31.7 Å². The van der Waals surface area contributed by atoms with Crippen molar-refractivity contribution in [3.63, 3.8) is 0 Å². The van der Waals surface area contributed by atoms with Gasteiger partial charge in [0.05, 0.1) is 68.4 Å². The Labute approximate surface area is 819 Å². The quantitative estimate of drug-likeness (QED) is 0.0350. The Balaban J connectivity index is 0.000000349. The number of carbonyl (C=O) groups is 19. The number of aliphatic carboxylic acids is 6. The number of hydroxylamine groups is 4. The summed E-state index contributed by atoms with van der Waals surface area (Å²) in [5.41, 5.74) is 9.85. The average Bonchev–Trinajstić information content (AvgIpc) is 1.57. The van der Waals surface area contributed by atoms with Crippen molar-refractivity contribution in [1.29, 1.82) is 0 Å². The lowest BCUT2D eigenvalue weighted by Crippen LogP contribution is -2.63. The van der Waals surface area contributed by atoms with Gasteiger partial charge in [-0.1, -0.05) is 82.4 Å². The lowest BCUT2D eigenvalue weighted by molar-refractivity contribution is -0.201. The molecule has 0 spiro atoms. The van der Waals surface area contributed by atoms with E-state index in [-0.39, 0.29) is 118 Å². The van der Waals surface area contributed by atoms with Crippen molar-refractivity contribution >= 4 is 130 Å². The number of nitrogens with one attached hydrogen (secondary N) is 2. The summed E-state index contributed by atoms with van der Waals surface area (Å²) in [7, 11) is 7.76. The Morgan fingerprint density at radius 2 is 1.05 bits per heavy atom. The van der Waals surface area contributed by atoms with Gasteiger partial charge in [0.15, 0.2) is 5.72 Å². The number of aliphatic hydroxyl groups is 2. The normalized spacial score (nSPS) is 27.3. The van der Waals surface area contributed by atoms with Crippen molar-refractivity contribution in [2.45, 2.75) is 289 Å². The molecule has 4 bridgehead atoms. The number of methoxy groups -OCH3 is 2. The zero-order valence-corrected chi connectivity index (χ0v) is 82.9. The van der Waals surface area contributed by atoms with Crippen molar-refractivity contribution in [3.8, 4) is 5.75 Å². The number of amides is 11. The van der Waals surface area contributed by atoms with Crippen molar-refractivity contribution in [1.82, 2.24) is 35.5 Å². The van der Waals surface area contributed by atoms with Crippen molar-refractivity contribution in [2.75, 3.05) is 66.4 Å². The SMILES string of the molecule is CCC1CCC(C(=O)N(C)[C@@H](C)C(=O)O)CC1.CCC1CCC(C(=O)O)CC1.CCC1CCC(C(=O)ON2C(=O)CCC2=O)CC1.CN[C@@H](C)C(=O)O.COc1cc2cc(c1Cl)N(C)C(=O)C[C@H](O)[C@]1(C)OC1[C@H](C)[C@@H]1C[C@@](O)(NC(=O)O1)[C@H](OC)/C=C/C=C(\C)C2.NCC1CCC(C(=O)O)CC1.NCCC(=O)O.O=C(CCN1C(=O)C=CC1=O)ON1C(=O)CCC1=O.O=C(O)CCN1C(=O)C=CC1=O. The largest absolute Gasteiger partial charge is 0.495 e. The molecule has 140 heavy (non-hydrogen) atoms. The van der Waals surface area contributed by atoms with Gasteiger partial charge in [-0.3, -0.25) is 87.0 Å². The summed E-state index contributed by atoms with van der Waals surface area (Å²) >= 11 is 6.58. The maximum atomic E-state index is 13.3. The monoisotopic (exact) mass is 2000 g/mol. The van der Waals surface area contributed by atoms with E-state index in [1.807, 2.05) is 32.1 Å². The number of carboxylic acids is 6. The summed E-state index contributed by atoms with van der Waals surface area (Å²) in [6.45, 7) is 15.9. The molecular weight excluding hydrogens is 1860 g/mol. The number of ether oxygens (including phenoxy) is 4. The molecule has 1 aromatic carbocycles. The number of carbonyl (C=O) groups excluding carboxylic acids is 13. The summed E-state index contributed by atoms with van der Waals surface area (Å²) in [6, 6.07) is 2.47. The van der Waals surface area contributed by atoms with Crippen LogP contribution in [-0.2, 0) is 117 Å². The minimum Gasteiger partial charge on any atom is -0.495 e. The molecule has 4 saturated heterocycles. The number of anilines is 1. The molecule has 0 aromatic heterocycles. The number of benzene rings is 1. The van der Waals surface area contributed by atoms with Crippen LogP contribution in [0.4, 0.5) is 10.5 Å². The first-order valence-corrected chi connectivity index (χ1v) is 47.8. The molecule has 7 heterocycles. The van der Waals surface area contributed by atoms with Gasteiger partial charge in [-0.15, -0.1) is 10.1 Å². The van der Waals surface area contributed by atoms with Gasteiger partial charge in [0.25, 0.3) is 47.3 Å². The summed E-state index contributed by atoms with van der Waals surface area (Å²) in [4.78, 5) is 226. The number of allylic oxidation sites excluding steroid dienone is 3. The van der Waals surface area contributed by atoms with Crippen LogP contribution in [0, 0.1) is 53.3 Å². The molecular formula is C96H143ClN10O33. The molecule has 44 heteroatoms. The Morgan fingerprint density at radius 3 is 1.44 bits per heavy atom. The maximum absolute atomic E-state index is 13.3. The number of hydrogen-bond donors (Lipinski definition) is 12. The first kappa shape index (κ1) is 121. The fourth-order valence-corrected chi connectivity index (χ4v) is 17.1. The third-order valence-electron chi connectivity index (χ3n) is 26.5. The number of epoxide rings is 1. The van der Waals surface area contributed by atoms with Gasteiger partial charge in [-0.25, -0.2) is 19.2 Å². The first-order chi connectivity index (χ1) is 65.9. The fraction of sp³-hybridized carbons (Fsp3) is 0.656. The van der Waals surface area contributed by atoms with E-state index in [4.69, 9.17) is 77.5 Å². The fourth-order valence-electron chi connectivity index (χ4n) is 16.8. The van der Waals surface area contributed by atoms with E-state index < -0.39 is 155 Å². The molecule has 43 nitrogen and oxygen atoms in total. The molecule has 8 fully saturated rings. The molecule has 4 aliphatic carbocycles. The van der Waals surface area contributed by atoms with Gasteiger partial charge in [0.2, 0.25) is 11.8 Å². The number of fused-ring (bicyclic) bond motifs is 5. The van der Waals surface area contributed by atoms with E-state index in [1.54, 1.807) is 54.1 Å². The van der Waals surface area contributed by atoms with Gasteiger partial charge in [0, 0.05) is 109 Å². The highest BCUT2D eigenvalue weighted by atomic mass is 35.5. The number of likely N-dealkylation sites (N-methyl/N-ethyl adjacent to an activating group) is 2. The minimum absolute atomic E-state index is 0.00514. The predicted molar refractivity (Wildman–Crippen MR) is 502 cm³/mol. The number of aliphatic hydroxyl groups excluding tert-OH is 1. The van der Waals surface area contributed by atoms with Crippen LogP contribution in [0.25, 0.3) is 0 Å². The smallest absolute Gasteiger partial charge is 0.409 e. The third-order valence-corrected chi connectivity index (χ3v) is 26.9. The molecule has 9 atom stereocenters. The van der Waals surface area contributed by atoms with Gasteiger partial charge < -0.3 is 96.1 Å². The highest BCUT2D eigenvalue weighted by Crippen LogP contribution is 2.49. The van der Waals surface area contributed by atoms with Crippen LogP contribution in [0.2, 0.25) is 5.02 Å². The number of nitrogens with zero attached hydrogens (tertiary/aromatic N) is 6. The number of rotatable bonds is 24. The number of halogens is 1. The lowest BCUT2D eigenvalue weighted by Gasteiger charge is -2.42. The molecule has 11 aliphatic rings. The van der Waals surface area contributed by atoms with Crippen LogP contribution in [0.1, 0.15) is 241 Å². The molecule has 11 amide bonds. The molecule has 12 rings (SSSR count). The summed E-state index contributed by atoms with van der Waals surface area (Å²) in [5.74, 6) is -7.77. The molecule has 1 unspecified atom stereocenters. The number of alkyl carbamates (subject to hydrolysis) is 1. The number of carboxylic acid groups (broad SMARTS) is 6. The van der Waals surface area contributed by atoms with Crippen LogP contribution in [0.3, 0.4) is 0 Å². The van der Waals surface area contributed by atoms with E-state index in [0.717, 1.165) is 166 Å². The average molecular weight is 2000 g/mol. The third kappa shape index (κ3) is 38.2. The Morgan fingerprint density at radius 1 is 0.614 bits per heavy atom. The second-order valence-electron chi connectivity index (χ2n) is 36.3. The Hall–Kier alpha value is -11.5. The topological polar surface area (TPSA) is 640 Å². The zero-order valence-electron chi connectivity index (χ0n) is 82.2. The summed E-state index contributed by atoms with van der Waals surface area (Å²) in [5, 5.41) is 79.4. The van der Waals surface area contributed by atoms with E-state index in [1.165, 1.54) is 36.9 Å². The van der Waals surface area contributed by atoms with E-state index in [2.05, 4.69) is 36.2 Å². The van der Waals surface area contributed by atoms with Crippen molar-refractivity contribution < 1.29 is 161 Å². The van der Waals surface area contributed by atoms with E-state index in [9.17, 15) is 101 Å². The van der Waals surface area contributed by atoms with Gasteiger partial charge >= 0.3 is 53.8 Å². The summed E-state index contributed by atoms with van der Waals surface area (Å²) in [6.07, 6.45) is 24.8. The molecule has 782 valence electrons. The van der Waals surface area contributed by atoms with Crippen LogP contribution in [-0.4, -0.2) is 288 Å². The van der Waals surface area contributed by atoms with Crippen LogP contribution in [0.5, 0.6) is 5.75 Å². The van der Waals surface area contributed by atoms with Crippen LogP contribution in [0.15, 0.2) is 60.2 Å². The van der Waals surface area contributed by atoms with Crippen molar-refractivity contribution in [2.24, 2.45) is 64.7 Å². The van der Waals surface area contributed by atoms with E-state index >= 15 is 0 Å². The molecule has 1 aromatic rings.